The zero-order valence-electron chi connectivity index (χ0n) is 45.7. The van der Waals surface area contributed by atoms with E-state index in [0.29, 0.717) is 64.4 Å². The van der Waals surface area contributed by atoms with Gasteiger partial charge in [-0.2, -0.15) is 9.97 Å². The first kappa shape index (κ1) is 57.8. The quantitative estimate of drug-likeness (QED) is 0.0371. The minimum atomic E-state index is -1.11. The molecule has 418 valence electrons. The van der Waals surface area contributed by atoms with Gasteiger partial charge < -0.3 is 30.9 Å². The van der Waals surface area contributed by atoms with Crippen molar-refractivity contribution in [2.45, 2.75) is 67.2 Å². The van der Waals surface area contributed by atoms with Crippen LogP contribution in [0.15, 0.2) is 107 Å². The summed E-state index contributed by atoms with van der Waals surface area (Å²) in [4.78, 5) is 73.9. The Balaban J connectivity index is 0.000000211. The van der Waals surface area contributed by atoms with Crippen molar-refractivity contribution in [3.63, 3.8) is 0 Å². The smallest absolute Gasteiger partial charge is 0.335 e. The summed E-state index contributed by atoms with van der Waals surface area (Å²) < 4.78 is 61.5. The third-order valence-corrected chi connectivity index (χ3v) is 14.2. The number of pyridine rings is 2. The van der Waals surface area contributed by atoms with Crippen LogP contribution >= 0.6 is 0 Å². The lowest BCUT2D eigenvalue weighted by Gasteiger charge is -2.18. The van der Waals surface area contributed by atoms with Gasteiger partial charge in [0.15, 0.2) is 11.3 Å². The van der Waals surface area contributed by atoms with Crippen LogP contribution < -0.4 is 27.1 Å². The van der Waals surface area contributed by atoms with E-state index in [-0.39, 0.29) is 34.7 Å². The van der Waals surface area contributed by atoms with Crippen LogP contribution in [0, 0.1) is 43.0 Å². The van der Waals surface area contributed by atoms with E-state index < -0.39 is 51.7 Å². The number of aromatic carboxylic acids is 1. The second-order valence-corrected chi connectivity index (χ2v) is 19.6. The summed E-state index contributed by atoms with van der Waals surface area (Å²) >= 11 is 0. The number of benzene rings is 4. The van der Waals surface area contributed by atoms with Crippen LogP contribution in [0.3, 0.4) is 0 Å². The van der Waals surface area contributed by atoms with E-state index in [1.807, 2.05) is 13.0 Å². The fourth-order valence-corrected chi connectivity index (χ4v) is 9.41. The lowest BCUT2D eigenvalue weighted by molar-refractivity contribution is 0.0696. The third-order valence-electron chi connectivity index (χ3n) is 14.2. The first-order valence-electron chi connectivity index (χ1n) is 27.0. The molecule has 16 nitrogen and oxygen atoms in total. The Bertz CT molecular complexity index is 3650. The first-order chi connectivity index (χ1) is 38.5. The van der Waals surface area contributed by atoms with E-state index in [1.54, 1.807) is 31.2 Å². The summed E-state index contributed by atoms with van der Waals surface area (Å²) in [5.41, 5.74) is 1.77. The molecule has 0 spiro atoms. The maximum absolute atomic E-state index is 15.0. The molecule has 4 N–H and O–H groups in total. The highest BCUT2D eigenvalue weighted by molar-refractivity contribution is 5.99. The summed E-state index contributed by atoms with van der Waals surface area (Å²) in [6, 6.07) is 22.3. The monoisotopic (exact) mass is 1100 g/mol. The largest absolute Gasteiger partial charge is 0.478 e. The standard InChI is InChI=1S/C32H36F2N6O2.C28H29F2N5O3/c1-4-39(5-2)17-7-16-35-32-37-28(24-18-22(13-10-20(24)3)31(42)36-19-21-11-12-21)23-14-15-27(41)40(30(23)38-32)29-25(33)8-6-9-26(29)34;1-4-34(5-2)15-7-14-31-28-32-24(20-16-18(27(37)38)11-10-17(20)3)19-12-13-23(36)35(26(19)33-28)25-21(29)8-6-9-22(25)30/h6,8-10,13-15,18,21H,4-5,7,11-12,16-17,19H2,1-3H3,(H,36,42)(H,35,37,38);6,8-13,16H,4-5,7,14-15H2,1-3H3,(H,37,38)(H,31,32,33). The number of aryl methyl sites for hydroxylation is 2. The number of rotatable bonds is 22. The molecule has 1 saturated carbocycles. The molecule has 1 aliphatic carbocycles. The van der Waals surface area contributed by atoms with Crippen molar-refractivity contribution in [2.75, 3.05) is 69.5 Å². The van der Waals surface area contributed by atoms with Gasteiger partial charge in [0.25, 0.3) is 17.0 Å². The molecule has 0 saturated heterocycles. The number of anilines is 2. The molecule has 1 amide bonds. The number of para-hydroxylation sites is 2. The first-order valence-corrected chi connectivity index (χ1v) is 27.0. The molecule has 0 unspecified atom stereocenters. The van der Waals surface area contributed by atoms with E-state index in [0.717, 1.165) is 109 Å². The Hall–Kier alpha value is -8.36. The topological polar surface area (TPSA) is 192 Å². The SMILES string of the molecule is CCN(CC)CCCNc1nc(-c2cc(C(=O)NCC3CC3)ccc2C)c2ccc(=O)n(-c3c(F)cccc3F)c2n1.CCN(CC)CCCNc1nc(-c2cc(C(=O)O)ccc2C)c2ccc(=O)n(-c3c(F)cccc3F)c2n1. The summed E-state index contributed by atoms with van der Waals surface area (Å²) in [5, 5.41) is 19.7. The summed E-state index contributed by atoms with van der Waals surface area (Å²) in [5.74, 6) is -3.98. The molecule has 0 aliphatic heterocycles. The van der Waals surface area contributed by atoms with Gasteiger partial charge in [0.2, 0.25) is 11.9 Å². The fourth-order valence-electron chi connectivity index (χ4n) is 9.41. The lowest BCUT2D eigenvalue weighted by Crippen LogP contribution is -2.26. The van der Waals surface area contributed by atoms with Gasteiger partial charge in [-0.3, -0.25) is 23.5 Å². The minimum Gasteiger partial charge on any atom is -0.478 e. The predicted molar refractivity (Wildman–Crippen MR) is 304 cm³/mol. The zero-order valence-corrected chi connectivity index (χ0v) is 45.7. The maximum atomic E-state index is 15.0. The number of fused-ring (bicyclic) bond motifs is 2. The second-order valence-electron chi connectivity index (χ2n) is 19.6. The van der Waals surface area contributed by atoms with E-state index in [1.165, 1.54) is 42.5 Å². The van der Waals surface area contributed by atoms with E-state index >= 15 is 0 Å². The molecule has 8 aromatic rings. The number of amides is 1. The molecule has 1 aliphatic rings. The van der Waals surface area contributed by atoms with Gasteiger partial charge in [0.05, 0.1) is 17.0 Å². The molecule has 0 radical (unpaired) electrons. The van der Waals surface area contributed by atoms with E-state index in [9.17, 15) is 41.8 Å². The highest BCUT2D eigenvalue weighted by Crippen LogP contribution is 2.34. The number of hydrogen-bond donors (Lipinski definition) is 4. The number of nitrogens with one attached hydrogen (secondary N) is 3. The number of hydrogen-bond acceptors (Lipinski definition) is 12. The number of aromatic nitrogens is 6. The Kier molecular flexibility index (Phi) is 18.8. The van der Waals surface area contributed by atoms with Crippen molar-refractivity contribution in [2.24, 2.45) is 5.92 Å². The second kappa shape index (κ2) is 26.1. The maximum Gasteiger partial charge on any atom is 0.335 e. The fraction of sp³-hybridized carbons (Fsp3) is 0.333. The Labute approximate surface area is 460 Å². The minimum absolute atomic E-state index is 0.00197. The van der Waals surface area contributed by atoms with Gasteiger partial charge in [0, 0.05) is 59.2 Å². The number of carbonyl (C=O) groups excluding carboxylic acids is 1. The molecular formula is C60H65F4N11O5. The summed E-state index contributed by atoms with van der Waals surface area (Å²) in [6.07, 6.45) is 3.86. The molecule has 0 atom stereocenters. The van der Waals surface area contributed by atoms with E-state index in [2.05, 4.69) is 68.4 Å². The molecule has 0 bridgehead atoms. The van der Waals surface area contributed by atoms with Crippen LogP contribution in [-0.2, 0) is 0 Å². The van der Waals surface area contributed by atoms with Crippen molar-refractivity contribution in [3.8, 4) is 33.9 Å². The van der Waals surface area contributed by atoms with Gasteiger partial charge in [-0.1, -0.05) is 52.0 Å². The Morgan fingerprint density at radius 3 is 1.40 bits per heavy atom. The molecule has 9 rings (SSSR count). The molecule has 4 aromatic heterocycles. The zero-order chi connectivity index (χ0) is 57.2. The number of halogens is 4. The predicted octanol–water partition coefficient (Wildman–Crippen LogP) is 10.2. The van der Waals surface area contributed by atoms with Crippen molar-refractivity contribution in [3.05, 3.63) is 163 Å². The van der Waals surface area contributed by atoms with Crippen molar-refractivity contribution in [1.29, 1.82) is 0 Å². The van der Waals surface area contributed by atoms with Gasteiger partial charge >= 0.3 is 5.97 Å². The number of nitrogens with zero attached hydrogens (tertiary/aromatic N) is 8. The number of carbonyl (C=O) groups is 2. The van der Waals surface area contributed by atoms with Gasteiger partial charge in [-0.25, -0.2) is 32.3 Å². The molecular weight excluding hydrogens is 1030 g/mol. The van der Waals surface area contributed by atoms with Crippen LogP contribution in [0.25, 0.3) is 56.0 Å². The number of carboxylic acid groups (broad SMARTS) is 1. The lowest BCUT2D eigenvalue weighted by atomic mass is 9.99. The molecule has 80 heavy (non-hydrogen) atoms. The van der Waals surface area contributed by atoms with Crippen LogP contribution in [0.2, 0.25) is 0 Å². The molecule has 4 heterocycles. The third kappa shape index (κ3) is 13.2. The summed E-state index contributed by atoms with van der Waals surface area (Å²) in [7, 11) is 0. The van der Waals surface area contributed by atoms with Crippen LogP contribution in [0.1, 0.15) is 85.2 Å². The van der Waals surface area contributed by atoms with Gasteiger partial charge in [-0.15, -0.1) is 0 Å². The summed E-state index contributed by atoms with van der Waals surface area (Å²) in [6.45, 7) is 19.3. The van der Waals surface area contributed by atoms with E-state index in [4.69, 9.17) is 4.98 Å². The Morgan fingerprint density at radius 1 is 0.588 bits per heavy atom. The van der Waals surface area contributed by atoms with Crippen LogP contribution in [0.5, 0.6) is 0 Å². The highest BCUT2D eigenvalue weighted by atomic mass is 19.1. The normalized spacial score (nSPS) is 12.2. The highest BCUT2D eigenvalue weighted by Gasteiger charge is 2.25. The Morgan fingerprint density at radius 2 is 1.00 bits per heavy atom. The average Bonchev–Trinajstić information content (AvgIpc) is 4.40. The molecule has 20 heteroatoms. The molecule has 4 aromatic carbocycles. The van der Waals surface area contributed by atoms with Crippen molar-refractivity contribution < 1.29 is 32.3 Å². The molecule has 1 fully saturated rings. The van der Waals surface area contributed by atoms with Gasteiger partial charge in [0.1, 0.15) is 34.6 Å². The van der Waals surface area contributed by atoms with Crippen molar-refractivity contribution >= 4 is 45.8 Å². The van der Waals surface area contributed by atoms with Crippen LogP contribution in [-0.4, -0.2) is 115 Å². The average molecular weight is 1100 g/mol. The number of carboxylic acids is 1. The van der Waals surface area contributed by atoms with Gasteiger partial charge in [-0.05, 0) is 157 Å². The van der Waals surface area contributed by atoms with Crippen molar-refractivity contribution in [1.82, 2.24) is 44.2 Å². The van der Waals surface area contributed by atoms with Crippen LogP contribution in [0.4, 0.5) is 29.5 Å².